The topological polar surface area (TPSA) is 34.2 Å². The largest absolute Gasteiger partial charge is 0.448 e. The first-order valence-corrected chi connectivity index (χ1v) is 18.9. The molecule has 0 aromatic heterocycles. The van der Waals surface area contributed by atoms with Gasteiger partial charge < -0.3 is 13.6 Å². The van der Waals surface area contributed by atoms with Crippen LogP contribution in [0.25, 0.3) is 0 Å². The van der Waals surface area contributed by atoms with E-state index in [2.05, 4.69) is 22.9 Å². The van der Waals surface area contributed by atoms with E-state index in [0.717, 1.165) is 101 Å². The first-order chi connectivity index (χ1) is 17.9. The Morgan fingerprint density at radius 1 is 0.649 bits per heavy atom. The highest BCUT2D eigenvalue weighted by Gasteiger charge is 2.42. The average Bonchev–Trinajstić information content (AvgIpc) is 2.90. The highest BCUT2D eigenvalue weighted by atomic mass is 28.4. The van der Waals surface area contributed by atoms with Crippen LogP contribution >= 0.6 is 0 Å². The van der Waals surface area contributed by atoms with E-state index in [1.54, 1.807) is 24.3 Å². The van der Waals surface area contributed by atoms with Gasteiger partial charge in [-0.1, -0.05) is 24.3 Å². The van der Waals surface area contributed by atoms with Gasteiger partial charge in [-0.3, -0.25) is 9.80 Å². The van der Waals surface area contributed by atoms with Crippen molar-refractivity contribution in [2.24, 2.45) is 0 Å². The lowest BCUT2D eigenvalue weighted by atomic mass is 10.3. The summed E-state index contributed by atoms with van der Waals surface area (Å²) in [5.41, 5.74) is 0. The zero-order valence-electron chi connectivity index (χ0n) is 22.4. The summed E-state index contributed by atoms with van der Waals surface area (Å²) >= 11 is 0. The predicted molar refractivity (Wildman–Crippen MR) is 150 cm³/mol. The van der Waals surface area contributed by atoms with Crippen molar-refractivity contribution in [3.05, 3.63) is 60.2 Å². The number of hydrogen-bond acceptors (Lipinski definition) is 5. The molecule has 0 N–H and O–H groups in total. The Hall–Kier alpha value is -1.47. The fourth-order valence-corrected chi connectivity index (χ4v) is 15.3. The maximum absolute atomic E-state index is 13.9. The molecule has 0 aliphatic carbocycles. The van der Waals surface area contributed by atoms with Gasteiger partial charge in [0.1, 0.15) is 11.6 Å². The van der Waals surface area contributed by atoms with Gasteiger partial charge in [0.05, 0.1) is 26.4 Å². The fourth-order valence-electron chi connectivity index (χ4n) is 5.54. The zero-order chi connectivity index (χ0) is 26.1. The summed E-state index contributed by atoms with van der Waals surface area (Å²) in [4.78, 5) is 4.92. The van der Waals surface area contributed by atoms with E-state index >= 15 is 0 Å². The molecule has 2 fully saturated rings. The van der Waals surface area contributed by atoms with Gasteiger partial charge in [-0.05, 0) is 85.8 Å². The molecule has 2 aliphatic rings. The molecule has 4 rings (SSSR count). The zero-order valence-corrected chi connectivity index (χ0v) is 24.4. The SMILES string of the molecule is C[Si](CCCN1CCOCC1)(O[Si](C)(CCCN1CCOCC1)c1ccc(F)cc1)c1ccc(F)cc1. The third-order valence-corrected chi connectivity index (χ3v) is 17.2. The van der Waals surface area contributed by atoms with Crippen molar-refractivity contribution < 1.29 is 22.4 Å². The molecule has 5 nitrogen and oxygen atoms in total. The lowest BCUT2D eigenvalue weighted by Crippen LogP contribution is -2.61. The monoisotopic (exact) mass is 548 g/mol. The molecule has 2 aromatic rings. The van der Waals surface area contributed by atoms with Crippen molar-refractivity contribution in [3.63, 3.8) is 0 Å². The third-order valence-electron chi connectivity index (χ3n) is 7.82. The molecule has 2 unspecified atom stereocenters. The first-order valence-electron chi connectivity index (χ1n) is 13.7. The van der Waals surface area contributed by atoms with Crippen LogP contribution in [-0.4, -0.2) is 92.1 Å². The second-order valence-electron chi connectivity index (χ2n) is 10.7. The van der Waals surface area contributed by atoms with Gasteiger partial charge in [-0.2, -0.15) is 0 Å². The van der Waals surface area contributed by atoms with Crippen molar-refractivity contribution in [3.8, 4) is 0 Å². The third kappa shape index (κ3) is 8.26. The molecule has 0 saturated carbocycles. The van der Waals surface area contributed by atoms with Gasteiger partial charge >= 0.3 is 0 Å². The molecular formula is C28H42F2N2O3Si2. The van der Waals surface area contributed by atoms with E-state index in [1.807, 2.05) is 24.3 Å². The van der Waals surface area contributed by atoms with Crippen LogP contribution in [-0.2, 0) is 13.6 Å². The summed E-state index contributed by atoms with van der Waals surface area (Å²) in [6.07, 6.45) is 2.06. The standard InChI is InChI=1S/C28H42F2N2O3Si2/c1-36(27-9-5-25(29)6-10-27,23-3-13-31-15-19-33-20-16-31)35-37(2,28-11-7-26(30)8-12-28)24-4-14-32-17-21-34-22-18-32/h5-12H,3-4,13-24H2,1-2H3. The molecule has 0 spiro atoms. The van der Waals surface area contributed by atoms with E-state index in [1.165, 1.54) is 0 Å². The van der Waals surface area contributed by atoms with Crippen LogP contribution in [0.4, 0.5) is 8.78 Å². The molecular weight excluding hydrogens is 506 g/mol. The Bertz CT molecular complexity index is 879. The van der Waals surface area contributed by atoms with E-state index in [9.17, 15) is 8.78 Å². The number of morpholine rings is 2. The summed E-state index contributed by atoms with van der Waals surface area (Å²) < 4.78 is 46.2. The summed E-state index contributed by atoms with van der Waals surface area (Å²) in [6, 6.07) is 15.8. The van der Waals surface area contributed by atoms with Gasteiger partial charge in [-0.25, -0.2) is 8.78 Å². The summed E-state index contributed by atoms with van der Waals surface area (Å²) in [6.45, 7) is 13.7. The molecule has 0 bridgehead atoms. The Morgan fingerprint density at radius 2 is 1.00 bits per heavy atom. The predicted octanol–water partition coefficient (Wildman–Crippen LogP) is 3.69. The summed E-state index contributed by atoms with van der Waals surface area (Å²) in [5, 5.41) is 2.26. The van der Waals surface area contributed by atoms with Crippen molar-refractivity contribution in [1.29, 1.82) is 0 Å². The molecule has 2 saturated heterocycles. The van der Waals surface area contributed by atoms with Crippen LogP contribution in [0.5, 0.6) is 0 Å². The first kappa shape index (κ1) is 28.5. The van der Waals surface area contributed by atoms with Crippen molar-refractivity contribution >= 4 is 27.0 Å². The Morgan fingerprint density at radius 3 is 1.35 bits per heavy atom. The summed E-state index contributed by atoms with van der Waals surface area (Å²) in [7, 11) is -4.89. The maximum atomic E-state index is 13.9. The molecule has 2 aromatic carbocycles. The van der Waals surface area contributed by atoms with Gasteiger partial charge in [0, 0.05) is 26.2 Å². The van der Waals surface area contributed by atoms with E-state index in [-0.39, 0.29) is 11.6 Å². The number of nitrogens with zero attached hydrogens (tertiary/aromatic N) is 2. The minimum Gasteiger partial charge on any atom is -0.448 e. The van der Waals surface area contributed by atoms with Crippen molar-refractivity contribution in [2.45, 2.75) is 38.0 Å². The van der Waals surface area contributed by atoms with Gasteiger partial charge in [0.25, 0.3) is 0 Å². The highest BCUT2D eigenvalue weighted by molar-refractivity contribution is 6.97. The molecule has 0 radical (unpaired) electrons. The second kappa shape index (κ2) is 13.6. The molecule has 0 amide bonds. The van der Waals surface area contributed by atoms with Gasteiger partial charge in [0.2, 0.25) is 16.6 Å². The van der Waals surface area contributed by atoms with Crippen molar-refractivity contribution in [2.75, 3.05) is 65.7 Å². The van der Waals surface area contributed by atoms with Crippen LogP contribution in [0, 0.1) is 11.6 Å². The average molecular weight is 549 g/mol. The molecule has 2 atom stereocenters. The second-order valence-corrected chi connectivity index (χ2v) is 18.6. The highest BCUT2D eigenvalue weighted by Crippen LogP contribution is 2.25. The van der Waals surface area contributed by atoms with Crippen LogP contribution in [0.15, 0.2) is 48.5 Å². The lowest BCUT2D eigenvalue weighted by molar-refractivity contribution is 0.0379. The Balaban J connectivity index is 1.53. The smallest absolute Gasteiger partial charge is 0.209 e. The Kier molecular flexibility index (Phi) is 10.5. The minimum absolute atomic E-state index is 0.225. The van der Waals surface area contributed by atoms with E-state index < -0.39 is 16.6 Å². The number of hydrogen-bond donors (Lipinski definition) is 0. The molecule has 9 heteroatoms. The minimum atomic E-state index is -2.44. The molecule has 204 valence electrons. The number of halogens is 2. The number of benzene rings is 2. The van der Waals surface area contributed by atoms with Crippen molar-refractivity contribution in [1.82, 2.24) is 9.80 Å². The Labute approximate surface area is 223 Å². The van der Waals surface area contributed by atoms with Crippen LogP contribution < -0.4 is 10.4 Å². The van der Waals surface area contributed by atoms with Crippen LogP contribution in [0.1, 0.15) is 12.8 Å². The molecule has 2 aliphatic heterocycles. The quantitative estimate of drug-likeness (QED) is 0.378. The number of rotatable bonds is 12. The fraction of sp³-hybridized carbons (Fsp3) is 0.571. The number of ether oxygens (including phenoxy) is 2. The van der Waals surface area contributed by atoms with E-state index in [0.29, 0.717) is 0 Å². The maximum Gasteiger partial charge on any atom is 0.209 e. The normalized spacial score (nSPS) is 20.9. The lowest BCUT2D eigenvalue weighted by Gasteiger charge is -2.40. The summed E-state index contributed by atoms with van der Waals surface area (Å²) in [5.74, 6) is -0.449. The van der Waals surface area contributed by atoms with Crippen LogP contribution in [0.3, 0.4) is 0 Å². The van der Waals surface area contributed by atoms with Gasteiger partial charge in [0.15, 0.2) is 0 Å². The molecule has 2 heterocycles. The van der Waals surface area contributed by atoms with Gasteiger partial charge in [-0.15, -0.1) is 0 Å². The molecule has 37 heavy (non-hydrogen) atoms. The van der Waals surface area contributed by atoms with Crippen LogP contribution in [0.2, 0.25) is 25.2 Å². The van der Waals surface area contributed by atoms with E-state index in [4.69, 9.17) is 13.6 Å².